The first-order chi connectivity index (χ1) is 7.09. The number of pyridine rings is 1. The smallest absolute Gasteiger partial charge is 0.337 e. The molecule has 0 bridgehead atoms. The van der Waals surface area contributed by atoms with Crippen LogP contribution in [0.5, 0.6) is 0 Å². The minimum absolute atomic E-state index is 0.225. The Kier molecular flexibility index (Phi) is 4.24. The van der Waals surface area contributed by atoms with Crippen molar-refractivity contribution in [3.05, 3.63) is 29.6 Å². The lowest BCUT2D eigenvalue weighted by molar-refractivity contribution is 0.0696. The van der Waals surface area contributed by atoms with Gasteiger partial charge in [0, 0.05) is 12.7 Å². The molecule has 4 nitrogen and oxygen atoms in total. The maximum absolute atomic E-state index is 10.6. The summed E-state index contributed by atoms with van der Waals surface area (Å²) in [4.78, 5) is 14.6. The van der Waals surface area contributed by atoms with Gasteiger partial charge in [0.15, 0.2) is 0 Å². The van der Waals surface area contributed by atoms with Crippen molar-refractivity contribution < 1.29 is 9.90 Å². The van der Waals surface area contributed by atoms with Crippen LogP contribution in [0, 0.1) is 5.92 Å². The number of aromatic nitrogens is 1. The van der Waals surface area contributed by atoms with Gasteiger partial charge in [0.25, 0.3) is 0 Å². The molecule has 0 aliphatic heterocycles. The number of rotatable bonds is 5. The van der Waals surface area contributed by atoms with Crippen LogP contribution in [-0.2, 0) is 6.54 Å². The summed E-state index contributed by atoms with van der Waals surface area (Å²) in [6.45, 7) is 5.88. The lowest BCUT2D eigenvalue weighted by atomic mass is 10.2. The van der Waals surface area contributed by atoms with Crippen molar-refractivity contribution in [2.45, 2.75) is 20.4 Å². The molecule has 1 aromatic rings. The fraction of sp³-hybridized carbons (Fsp3) is 0.455. The van der Waals surface area contributed by atoms with E-state index in [2.05, 4.69) is 24.1 Å². The summed E-state index contributed by atoms with van der Waals surface area (Å²) < 4.78 is 0. The zero-order valence-electron chi connectivity index (χ0n) is 9.03. The first-order valence-corrected chi connectivity index (χ1v) is 4.98. The van der Waals surface area contributed by atoms with E-state index >= 15 is 0 Å². The summed E-state index contributed by atoms with van der Waals surface area (Å²) in [6, 6.07) is 3.30. The zero-order valence-corrected chi connectivity index (χ0v) is 9.03. The third kappa shape index (κ3) is 4.08. The average molecular weight is 208 g/mol. The fourth-order valence-electron chi connectivity index (χ4n) is 1.14. The number of nitrogens with zero attached hydrogens (tertiary/aromatic N) is 1. The quantitative estimate of drug-likeness (QED) is 0.770. The summed E-state index contributed by atoms with van der Waals surface area (Å²) in [5.41, 5.74) is 1.09. The molecule has 0 unspecified atom stereocenters. The van der Waals surface area contributed by atoms with Crippen LogP contribution in [0.25, 0.3) is 0 Å². The molecule has 0 spiro atoms. The zero-order chi connectivity index (χ0) is 11.3. The van der Waals surface area contributed by atoms with Gasteiger partial charge in [-0.15, -0.1) is 0 Å². The second-order valence-electron chi connectivity index (χ2n) is 3.87. The fourth-order valence-corrected chi connectivity index (χ4v) is 1.14. The average Bonchev–Trinajstić information content (AvgIpc) is 2.18. The minimum atomic E-state index is -0.941. The summed E-state index contributed by atoms with van der Waals surface area (Å²) in [7, 11) is 0. The second-order valence-corrected chi connectivity index (χ2v) is 3.87. The van der Waals surface area contributed by atoms with E-state index in [1.54, 1.807) is 12.1 Å². The van der Waals surface area contributed by atoms with Crippen LogP contribution in [0.4, 0.5) is 0 Å². The molecule has 1 rings (SSSR count). The van der Waals surface area contributed by atoms with Crippen molar-refractivity contribution in [2.24, 2.45) is 5.92 Å². The van der Waals surface area contributed by atoms with E-state index < -0.39 is 5.97 Å². The molecule has 0 amide bonds. The molecule has 1 heterocycles. The molecular formula is C11H16N2O2. The summed E-state index contributed by atoms with van der Waals surface area (Å²) >= 11 is 0. The number of hydrogen-bond acceptors (Lipinski definition) is 3. The van der Waals surface area contributed by atoms with Gasteiger partial charge in [-0.1, -0.05) is 13.8 Å². The van der Waals surface area contributed by atoms with E-state index in [0.717, 1.165) is 12.2 Å². The number of hydrogen-bond donors (Lipinski definition) is 2. The van der Waals surface area contributed by atoms with E-state index in [0.29, 0.717) is 12.5 Å². The molecule has 0 atom stereocenters. The van der Waals surface area contributed by atoms with Crippen LogP contribution in [0.15, 0.2) is 18.3 Å². The highest BCUT2D eigenvalue weighted by Crippen LogP contribution is 2.00. The monoisotopic (exact) mass is 208 g/mol. The van der Waals surface area contributed by atoms with Gasteiger partial charge in [0.05, 0.1) is 11.3 Å². The van der Waals surface area contributed by atoms with Crippen molar-refractivity contribution in [1.82, 2.24) is 10.3 Å². The minimum Gasteiger partial charge on any atom is -0.478 e. The maximum Gasteiger partial charge on any atom is 0.337 e. The van der Waals surface area contributed by atoms with Crippen molar-refractivity contribution in [1.29, 1.82) is 0 Å². The van der Waals surface area contributed by atoms with Gasteiger partial charge < -0.3 is 10.4 Å². The molecular weight excluding hydrogens is 192 g/mol. The Morgan fingerprint density at radius 3 is 2.73 bits per heavy atom. The number of carboxylic acids is 1. The Hall–Kier alpha value is -1.42. The highest BCUT2D eigenvalue weighted by molar-refractivity contribution is 5.87. The third-order valence-corrected chi connectivity index (χ3v) is 1.93. The molecule has 2 N–H and O–H groups in total. The van der Waals surface area contributed by atoms with Crippen molar-refractivity contribution in [2.75, 3.05) is 6.54 Å². The number of carbonyl (C=O) groups is 1. The Bertz CT molecular complexity index is 320. The molecule has 0 saturated carbocycles. The number of aromatic carboxylic acids is 1. The van der Waals surface area contributed by atoms with E-state index in [1.807, 2.05) is 0 Å². The van der Waals surface area contributed by atoms with Crippen molar-refractivity contribution in [3.8, 4) is 0 Å². The van der Waals surface area contributed by atoms with E-state index in [9.17, 15) is 4.79 Å². The molecule has 82 valence electrons. The molecule has 0 aromatic carbocycles. The molecule has 4 heteroatoms. The summed E-state index contributed by atoms with van der Waals surface area (Å²) in [5.74, 6) is -0.340. The molecule has 0 aliphatic carbocycles. The standard InChI is InChI=1S/C11H16N2O2/c1-8(2)5-12-7-10-4-3-9(6-13-10)11(14)15/h3-4,6,8,12H,5,7H2,1-2H3,(H,14,15). The van der Waals surface area contributed by atoms with E-state index in [-0.39, 0.29) is 5.56 Å². The van der Waals surface area contributed by atoms with Crippen LogP contribution < -0.4 is 5.32 Å². The Balaban J connectivity index is 2.46. The van der Waals surface area contributed by atoms with Gasteiger partial charge in [-0.05, 0) is 24.6 Å². The molecule has 0 fully saturated rings. The van der Waals surface area contributed by atoms with Crippen LogP contribution in [0.1, 0.15) is 29.9 Å². The first kappa shape index (κ1) is 11.7. The van der Waals surface area contributed by atoms with Crippen molar-refractivity contribution >= 4 is 5.97 Å². The normalized spacial score (nSPS) is 10.6. The largest absolute Gasteiger partial charge is 0.478 e. The topological polar surface area (TPSA) is 62.2 Å². The molecule has 0 saturated heterocycles. The lowest BCUT2D eigenvalue weighted by Gasteiger charge is -2.06. The van der Waals surface area contributed by atoms with Crippen LogP contribution in [-0.4, -0.2) is 22.6 Å². The van der Waals surface area contributed by atoms with Gasteiger partial charge >= 0.3 is 5.97 Å². The van der Waals surface area contributed by atoms with Crippen LogP contribution in [0.2, 0.25) is 0 Å². The highest BCUT2D eigenvalue weighted by atomic mass is 16.4. The van der Waals surface area contributed by atoms with Crippen LogP contribution >= 0.6 is 0 Å². The summed E-state index contributed by atoms with van der Waals surface area (Å²) in [5, 5.41) is 11.9. The molecule has 1 aromatic heterocycles. The second kappa shape index (κ2) is 5.46. The highest BCUT2D eigenvalue weighted by Gasteiger charge is 2.02. The van der Waals surface area contributed by atoms with Gasteiger partial charge in [-0.2, -0.15) is 0 Å². The van der Waals surface area contributed by atoms with Crippen molar-refractivity contribution in [3.63, 3.8) is 0 Å². The first-order valence-electron chi connectivity index (χ1n) is 4.98. The maximum atomic E-state index is 10.6. The lowest BCUT2D eigenvalue weighted by Crippen LogP contribution is -2.19. The Labute approximate surface area is 89.3 Å². The van der Waals surface area contributed by atoms with Gasteiger partial charge in [-0.3, -0.25) is 4.98 Å². The molecule has 0 aliphatic rings. The summed E-state index contributed by atoms with van der Waals surface area (Å²) in [6.07, 6.45) is 1.38. The molecule has 0 radical (unpaired) electrons. The molecule has 15 heavy (non-hydrogen) atoms. The van der Waals surface area contributed by atoms with Gasteiger partial charge in [0.2, 0.25) is 0 Å². The Morgan fingerprint density at radius 2 is 2.27 bits per heavy atom. The van der Waals surface area contributed by atoms with E-state index in [1.165, 1.54) is 6.20 Å². The van der Waals surface area contributed by atoms with Crippen LogP contribution in [0.3, 0.4) is 0 Å². The SMILES string of the molecule is CC(C)CNCc1ccc(C(=O)O)cn1. The number of nitrogens with one attached hydrogen (secondary N) is 1. The van der Waals surface area contributed by atoms with Gasteiger partial charge in [-0.25, -0.2) is 4.79 Å². The number of carboxylic acid groups (broad SMARTS) is 1. The predicted octanol–water partition coefficient (Wildman–Crippen LogP) is 1.53. The third-order valence-electron chi connectivity index (χ3n) is 1.93. The van der Waals surface area contributed by atoms with Gasteiger partial charge in [0.1, 0.15) is 0 Å². The predicted molar refractivity (Wildman–Crippen MR) is 57.7 cm³/mol. The van der Waals surface area contributed by atoms with E-state index in [4.69, 9.17) is 5.11 Å². The Morgan fingerprint density at radius 1 is 1.53 bits per heavy atom.